The predicted octanol–water partition coefficient (Wildman–Crippen LogP) is 2.39. The Hall–Kier alpha value is -1.42. The second-order valence-electron chi connectivity index (χ2n) is 7.34. The molecule has 0 amide bonds. The summed E-state index contributed by atoms with van der Waals surface area (Å²) in [6.45, 7) is 6.73. The molecule has 2 saturated heterocycles. The summed E-state index contributed by atoms with van der Waals surface area (Å²) in [7, 11) is -1.61. The monoisotopic (exact) mass is 324 g/mol. The van der Waals surface area contributed by atoms with Crippen LogP contribution in [-0.4, -0.2) is 33.5 Å². The van der Waals surface area contributed by atoms with Crippen LogP contribution in [0.5, 0.6) is 0 Å². The largest absolute Gasteiger partial charge is 0.373 e. The van der Waals surface area contributed by atoms with Gasteiger partial charge in [0.05, 0.1) is 25.4 Å². The van der Waals surface area contributed by atoms with Crippen molar-refractivity contribution >= 4 is 18.4 Å². The Labute approximate surface area is 139 Å². The first-order valence-corrected chi connectivity index (χ1v) is 11.5. The summed E-state index contributed by atoms with van der Waals surface area (Å²) in [6, 6.07) is 18.4. The molecule has 0 radical (unpaired) electrons. The minimum absolute atomic E-state index is 0.467. The molecule has 2 heterocycles. The lowest BCUT2D eigenvalue weighted by Gasteiger charge is -2.24. The van der Waals surface area contributed by atoms with Crippen molar-refractivity contribution < 1.29 is 9.47 Å². The Morgan fingerprint density at radius 1 is 0.739 bits per heavy atom. The third-order valence-corrected chi connectivity index (χ3v) is 8.64. The van der Waals surface area contributed by atoms with Crippen molar-refractivity contribution in [3.63, 3.8) is 0 Å². The molecule has 2 nitrogen and oxygen atoms in total. The summed E-state index contributed by atoms with van der Waals surface area (Å²) in [4.78, 5) is 0. The van der Waals surface area contributed by atoms with Crippen molar-refractivity contribution in [1.29, 1.82) is 0 Å². The van der Waals surface area contributed by atoms with Gasteiger partial charge in [-0.1, -0.05) is 72.0 Å². The third kappa shape index (κ3) is 3.57. The zero-order valence-corrected chi connectivity index (χ0v) is 14.9. The highest BCUT2D eigenvalue weighted by Crippen LogP contribution is 2.17. The first-order chi connectivity index (χ1) is 11.1. The normalized spacial score (nSPS) is 22.9. The van der Waals surface area contributed by atoms with Crippen LogP contribution in [0.15, 0.2) is 48.5 Å². The molecule has 0 aliphatic carbocycles. The summed E-state index contributed by atoms with van der Waals surface area (Å²) in [6.07, 6.45) is 3.05. The van der Waals surface area contributed by atoms with E-state index in [1.54, 1.807) is 0 Å². The molecule has 120 valence electrons. The van der Waals surface area contributed by atoms with Gasteiger partial charge in [0.1, 0.15) is 8.07 Å². The number of epoxide rings is 2. The molecule has 0 spiro atoms. The number of benzene rings is 2. The van der Waals surface area contributed by atoms with E-state index in [1.807, 2.05) is 0 Å². The van der Waals surface area contributed by atoms with Gasteiger partial charge in [-0.25, -0.2) is 0 Å². The molecule has 2 aromatic carbocycles. The van der Waals surface area contributed by atoms with Gasteiger partial charge in [-0.2, -0.15) is 0 Å². The quantitative estimate of drug-likeness (QED) is 0.602. The fourth-order valence-electron chi connectivity index (χ4n) is 3.18. The molecular formula is C20H24O2Si. The zero-order valence-electron chi connectivity index (χ0n) is 13.9. The summed E-state index contributed by atoms with van der Waals surface area (Å²) in [5.74, 6) is 0. The van der Waals surface area contributed by atoms with Crippen LogP contribution >= 0.6 is 0 Å². The molecule has 3 heteroatoms. The highest BCUT2D eigenvalue weighted by molar-refractivity contribution is 7.00. The lowest BCUT2D eigenvalue weighted by Crippen LogP contribution is -2.52. The number of ether oxygens (including phenoxy) is 2. The molecule has 2 unspecified atom stereocenters. The minimum atomic E-state index is -1.61. The Morgan fingerprint density at radius 3 is 1.39 bits per heavy atom. The van der Waals surface area contributed by atoms with Gasteiger partial charge in [0.15, 0.2) is 0 Å². The van der Waals surface area contributed by atoms with Crippen molar-refractivity contribution in [2.24, 2.45) is 0 Å². The molecule has 4 rings (SSSR count). The van der Waals surface area contributed by atoms with E-state index in [2.05, 4.69) is 61.6 Å². The molecule has 2 fully saturated rings. The fourth-order valence-corrected chi connectivity index (χ4v) is 5.51. The maximum absolute atomic E-state index is 5.32. The molecule has 2 aromatic rings. The van der Waals surface area contributed by atoms with E-state index in [0.717, 1.165) is 26.1 Å². The van der Waals surface area contributed by atoms with Crippen LogP contribution in [-0.2, 0) is 22.3 Å². The van der Waals surface area contributed by atoms with Gasteiger partial charge in [0, 0.05) is 12.8 Å². The van der Waals surface area contributed by atoms with Gasteiger partial charge >= 0.3 is 0 Å². The van der Waals surface area contributed by atoms with Crippen molar-refractivity contribution in [3.8, 4) is 0 Å². The fraction of sp³-hybridized carbons (Fsp3) is 0.400. The van der Waals surface area contributed by atoms with Gasteiger partial charge in [0.2, 0.25) is 0 Å². The van der Waals surface area contributed by atoms with Crippen LogP contribution in [0.25, 0.3) is 0 Å². The average Bonchev–Trinajstić information content (AvgIpc) is 3.45. The lowest BCUT2D eigenvalue weighted by molar-refractivity contribution is 0.407. The van der Waals surface area contributed by atoms with Gasteiger partial charge in [-0.15, -0.1) is 0 Å². The third-order valence-electron chi connectivity index (χ3n) is 5.08. The van der Waals surface area contributed by atoms with E-state index in [1.165, 1.54) is 21.5 Å². The average molecular weight is 324 g/mol. The van der Waals surface area contributed by atoms with Crippen molar-refractivity contribution in [1.82, 2.24) is 0 Å². The smallest absolute Gasteiger partial charge is 0.112 e. The zero-order chi connectivity index (χ0) is 15.9. The van der Waals surface area contributed by atoms with Crippen molar-refractivity contribution in [2.75, 3.05) is 13.2 Å². The molecule has 0 N–H and O–H groups in total. The van der Waals surface area contributed by atoms with Crippen LogP contribution in [0.3, 0.4) is 0 Å². The molecular weight excluding hydrogens is 300 g/mol. The first-order valence-electron chi connectivity index (χ1n) is 8.53. The maximum Gasteiger partial charge on any atom is 0.112 e. The minimum Gasteiger partial charge on any atom is -0.373 e. The number of hydrogen-bond acceptors (Lipinski definition) is 2. The van der Waals surface area contributed by atoms with Crippen LogP contribution < -0.4 is 10.4 Å². The summed E-state index contributed by atoms with van der Waals surface area (Å²) < 4.78 is 10.6. The molecule has 2 atom stereocenters. The van der Waals surface area contributed by atoms with Gasteiger partial charge in [-0.3, -0.25) is 0 Å². The number of rotatable bonds is 6. The standard InChI is InChI=1S/C20H24O2Si/c1-23(2,19-7-3-15(4-8-19)11-17-13-21-17)20-9-5-16(6-10-20)12-18-14-22-18/h3-10,17-18H,11-14H2,1-2H3. The Bertz CT molecular complexity index is 608. The SMILES string of the molecule is C[Si](C)(c1ccc(CC2CO2)cc1)c1ccc(CC2CO2)cc1. The highest BCUT2D eigenvalue weighted by Gasteiger charge is 2.27. The molecule has 2 aliphatic rings. The topological polar surface area (TPSA) is 25.1 Å². The first kappa shape index (κ1) is 15.1. The van der Waals surface area contributed by atoms with E-state index in [0.29, 0.717) is 12.2 Å². The van der Waals surface area contributed by atoms with Gasteiger partial charge in [0.25, 0.3) is 0 Å². The lowest BCUT2D eigenvalue weighted by atomic mass is 10.1. The van der Waals surface area contributed by atoms with Crippen molar-refractivity contribution in [3.05, 3.63) is 59.7 Å². The molecule has 0 aromatic heterocycles. The Balaban J connectivity index is 1.50. The van der Waals surface area contributed by atoms with Crippen LogP contribution in [0.2, 0.25) is 13.1 Å². The number of hydrogen-bond donors (Lipinski definition) is 0. The summed E-state index contributed by atoms with van der Waals surface area (Å²) >= 11 is 0. The van der Waals surface area contributed by atoms with Gasteiger partial charge < -0.3 is 9.47 Å². The Kier molecular flexibility index (Phi) is 3.88. The molecule has 2 aliphatic heterocycles. The molecule has 0 bridgehead atoms. The van der Waals surface area contributed by atoms with Crippen LogP contribution in [0.1, 0.15) is 11.1 Å². The summed E-state index contributed by atoms with van der Waals surface area (Å²) in [5.41, 5.74) is 2.78. The maximum atomic E-state index is 5.32. The van der Waals surface area contributed by atoms with E-state index in [4.69, 9.17) is 9.47 Å². The predicted molar refractivity (Wildman–Crippen MR) is 96.5 cm³/mol. The van der Waals surface area contributed by atoms with E-state index < -0.39 is 8.07 Å². The van der Waals surface area contributed by atoms with Crippen LogP contribution in [0.4, 0.5) is 0 Å². The Morgan fingerprint density at radius 2 is 1.09 bits per heavy atom. The van der Waals surface area contributed by atoms with E-state index >= 15 is 0 Å². The second kappa shape index (κ2) is 5.89. The van der Waals surface area contributed by atoms with E-state index in [9.17, 15) is 0 Å². The van der Waals surface area contributed by atoms with E-state index in [-0.39, 0.29) is 0 Å². The van der Waals surface area contributed by atoms with Crippen molar-refractivity contribution in [2.45, 2.75) is 38.1 Å². The molecule has 23 heavy (non-hydrogen) atoms. The highest BCUT2D eigenvalue weighted by atomic mass is 28.3. The van der Waals surface area contributed by atoms with Gasteiger partial charge in [-0.05, 0) is 11.1 Å². The molecule has 0 saturated carbocycles. The second-order valence-corrected chi connectivity index (χ2v) is 11.7. The van der Waals surface area contributed by atoms with Crippen LogP contribution in [0, 0.1) is 0 Å². The summed E-state index contributed by atoms with van der Waals surface area (Å²) in [5, 5.41) is 2.99.